The lowest BCUT2D eigenvalue weighted by Crippen LogP contribution is -2.35. The Bertz CT molecular complexity index is 245. The van der Waals surface area contributed by atoms with E-state index in [9.17, 15) is 9.59 Å². The smallest absolute Gasteiger partial charge is 0.416 e. The van der Waals surface area contributed by atoms with E-state index >= 15 is 0 Å². The summed E-state index contributed by atoms with van der Waals surface area (Å²) in [4.78, 5) is 24.1. The fraction of sp³-hybridized carbons (Fsp3) is 0.800. The zero-order chi connectivity index (χ0) is 11.3. The van der Waals surface area contributed by atoms with E-state index in [0.717, 1.165) is 24.6 Å². The van der Waals surface area contributed by atoms with Gasteiger partial charge in [0.25, 0.3) is 0 Å². The summed E-state index contributed by atoms with van der Waals surface area (Å²) < 4.78 is 4.72. The molecule has 1 fully saturated rings. The Morgan fingerprint density at radius 2 is 2.33 bits per heavy atom. The van der Waals surface area contributed by atoms with Gasteiger partial charge in [0.1, 0.15) is 6.61 Å². The quantitative estimate of drug-likeness (QED) is 0.572. The van der Waals surface area contributed by atoms with Crippen LogP contribution in [0.4, 0.5) is 4.79 Å². The van der Waals surface area contributed by atoms with Crippen LogP contribution in [0.3, 0.4) is 0 Å². The number of cyclic esters (lactones) is 1. The molecular formula is C10H16BrNO3. The number of halogens is 1. The molecule has 1 atom stereocenters. The molecule has 4 nitrogen and oxygen atoms in total. The molecule has 0 aromatic heterocycles. The minimum atomic E-state index is -0.493. The topological polar surface area (TPSA) is 46.6 Å². The molecule has 1 saturated heterocycles. The molecule has 0 N–H and O–H groups in total. The zero-order valence-corrected chi connectivity index (χ0v) is 10.5. The van der Waals surface area contributed by atoms with Crippen molar-refractivity contribution < 1.29 is 14.3 Å². The van der Waals surface area contributed by atoms with Crippen molar-refractivity contribution >= 4 is 27.9 Å². The number of nitrogens with zero attached hydrogens (tertiary/aromatic N) is 1. The largest absolute Gasteiger partial charge is 0.447 e. The van der Waals surface area contributed by atoms with E-state index in [-0.39, 0.29) is 11.8 Å². The third kappa shape index (κ3) is 3.48. The number of alkyl halides is 1. The summed E-state index contributed by atoms with van der Waals surface area (Å²) in [7, 11) is 0. The predicted octanol–water partition coefficient (Wildman–Crippen LogP) is 2.17. The molecule has 0 bridgehead atoms. The average molecular weight is 278 g/mol. The maximum absolute atomic E-state index is 11.8. The monoisotopic (exact) mass is 277 g/mol. The standard InChI is InChI=1S/C10H16BrNO3/c1-8(4-2-3-5-11)9(13)12-6-7-15-10(12)14/h8H,2-7H2,1H3. The van der Waals surface area contributed by atoms with Crippen LogP contribution in [0.15, 0.2) is 0 Å². The molecule has 0 aliphatic carbocycles. The van der Waals surface area contributed by atoms with Crippen molar-refractivity contribution in [3.05, 3.63) is 0 Å². The highest BCUT2D eigenvalue weighted by Gasteiger charge is 2.30. The Labute approximate surface area is 98.1 Å². The van der Waals surface area contributed by atoms with Crippen molar-refractivity contribution in [2.45, 2.75) is 26.2 Å². The first-order valence-electron chi connectivity index (χ1n) is 5.21. The number of unbranched alkanes of at least 4 members (excludes halogenated alkanes) is 1. The van der Waals surface area contributed by atoms with Gasteiger partial charge in [-0.05, 0) is 12.8 Å². The predicted molar refractivity (Wildman–Crippen MR) is 59.9 cm³/mol. The molecule has 0 aromatic carbocycles. The average Bonchev–Trinajstić information content (AvgIpc) is 2.63. The van der Waals surface area contributed by atoms with Crippen LogP contribution in [0.1, 0.15) is 26.2 Å². The summed E-state index contributed by atoms with van der Waals surface area (Å²) >= 11 is 3.34. The van der Waals surface area contributed by atoms with Gasteiger partial charge in [-0.3, -0.25) is 4.79 Å². The highest BCUT2D eigenvalue weighted by molar-refractivity contribution is 9.09. The summed E-state index contributed by atoms with van der Waals surface area (Å²) in [5.74, 6) is -0.193. The van der Waals surface area contributed by atoms with E-state index in [2.05, 4.69) is 15.9 Å². The summed E-state index contributed by atoms with van der Waals surface area (Å²) in [6.07, 6.45) is 2.39. The summed E-state index contributed by atoms with van der Waals surface area (Å²) in [5, 5.41) is 0.958. The Morgan fingerprint density at radius 1 is 1.60 bits per heavy atom. The van der Waals surface area contributed by atoms with E-state index in [1.807, 2.05) is 6.92 Å². The van der Waals surface area contributed by atoms with Crippen LogP contribution in [0, 0.1) is 5.92 Å². The van der Waals surface area contributed by atoms with Crippen LogP contribution in [0.25, 0.3) is 0 Å². The van der Waals surface area contributed by atoms with E-state index < -0.39 is 6.09 Å². The molecule has 5 heteroatoms. The third-order valence-electron chi connectivity index (χ3n) is 2.47. The molecule has 0 aromatic rings. The number of carbonyl (C=O) groups is 2. The van der Waals surface area contributed by atoms with Crippen LogP contribution in [-0.4, -0.2) is 35.4 Å². The van der Waals surface area contributed by atoms with Gasteiger partial charge in [-0.2, -0.15) is 0 Å². The van der Waals surface area contributed by atoms with Gasteiger partial charge >= 0.3 is 6.09 Å². The lowest BCUT2D eigenvalue weighted by Gasteiger charge is -2.16. The molecule has 86 valence electrons. The zero-order valence-electron chi connectivity index (χ0n) is 8.87. The first kappa shape index (κ1) is 12.5. The number of ether oxygens (including phenoxy) is 1. The Morgan fingerprint density at radius 3 is 2.87 bits per heavy atom. The molecule has 15 heavy (non-hydrogen) atoms. The highest BCUT2D eigenvalue weighted by Crippen LogP contribution is 2.15. The SMILES string of the molecule is CC(CCCCBr)C(=O)N1CCOC1=O. The summed E-state index contributed by atoms with van der Waals surface area (Å²) in [6.45, 7) is 2.60. The molecule has 1 heterocycles. The fourth-order valence-electron chi connectivity index (χ4n) is 1.53. The molecule has 1 unspecified atom stereocenters. The van der Waals surface area contributed by atoms with Gasteiger partial charge in [-0.15, -0.1) is 0 Å². The van der Waals surface area contributed by atoms with E-state index in [0.29, 0.717) is 13.2 Å². The minimum absolute atomic E-state index is 0.0882. The van der Waals surface area contributed by atoms with Crippen LogP contribution in [-0.2, 0) is 9.53 Å². The van der Waals surface area contributed by atoms with E-state index in [4.69, 9.17) is 4.74 Å². The summed E-state index contributed by atoms with van der Waals surface area (Å²) in [6, 6.07) is 0. The Balaban J connectivity index is 2.35. The first-order chi connectivity index (χ1) is 7.16. The van der Waals surface area contributed by atoms with Gasteiger partial charge in [0.15, 0.2) is 0 Å². The van der Waals surface area contributed by atoms with Gasteiger partial charge in [0, 0.05) is 11.2 Å². The first-order valence-corrected chi connectivity index (χ1v) is 6.33. The fourth-order valence-corrected chi connectivity index (χ4v) is 1.92. The highest BCUT2D eigenvalue weighted by atomic mass is 79.9. The third-order valence-corrected chi connectivity index (χ3v) is 3.03. The number of hydrogen-bond donors (Lipinski definition) is 0. The second-order valence-electron chi connectivity index (χ2n) is 3.69. The molecular weight excluding hydrogens is 262 g/mol. The van der Waals surface area contributed by atoms with Crippen LogP contribution < -0.4 is 0 Å². The minimum Gasteiger partial charge on any atom is -0.447 e. The van der Waals surface area contributed by atoms with E-state index in [1.54, 1.807) is 0 Å². The molecule has 2 amide bonds. The lowest BCUT2D eigenvalue weighted by molar-refractivity contribution is -0.131. The molecule has 0 saturated carbocycles. The van der Waals surface area contributed by atoms with Crippen molar-refractivity contribution in [1.29, 1.82) is 0 Å². The van der Waals surface area contributed by atoms with Crippen molar-refractivity contribution in [2.75, 3.05) is 18.5 Å². The molecule has 1 aliphatic heterocycles. The maximum atomic E-state index is 11.8. The lowest BCUT2D eigenvalue weighted by atomic mass is 10.0. The number of amides is 2. The molecule has 0 radical (unpaired) electrons. The normalized spacial score (nSPS) is 17.7. The maximum Gasteiger partial charge on any atom is 0.416 e. The van der Waals surface area contributed by atoms with E-state index in [1.165, 1.54) is 4.90 Å². The molecule has 1 rings (SSSR count). The van der Waals surface area contributed by atoms with Crippen molar-refractivity contribution in [2.24, 2.45) is 5.92 Å². The number of rotatable bonds is 5. The summed E-state index contributed by atoms with van der Waals surface area (Å²) in [5.41, 5.74) is 0. The second-order valence-corrected chi connectivity index (χ2v) is 4.48. The van der Waals surface area contributed by atoms with Crippen LogP contribution in [0.2, 0.25) is 0 Å². The van der Waals surface area contributed by atoms with Crippen LogP contribution >= 0.6 is 15.9 Å². The number of imide groups is 1. The Hall–Kier alpha value is -0.580. The van der Waals surface area contributed by atoms with Gasteiger partial charge < -0.3 is 4.74 Å². The number of carbonyl (C=O) groups excluding carboxylic acids is 2. The van der Waals surface area contributed by atoms with Crippen molar-refractivity contribution in [1.82, 2.24) is 4.90 Å². The van der Waals surface area contributed by atoms with Gasteiger partial charge in [-0.25, -0.2) is 9.69 Å². The molecule has 1 aliphatic rings. The van der Waals surface area contributed by atoms with Crippen molar-refractivity contribution in [3.8, 4) is 0 Å². The van der Waals surface area contributed by atoms with Gasteiger partial charge in [0.05, 0.1) is 6.54 Å². The molecule has 0 spiro atoms. The second kappa shape index (κ2) is 6.10. The van der Waals surface area contributed by atoms with Crippen LogP contribution in [0.5, 0.6) is 0 Å². The Kier molecular flexibility index (Phi) is 5.08. The van der Waals surface area contributed by atoms with Crippen molar-refractivity contribution in [3.63, 3.8) is 0 Å². The van der Waals surface area contributed by atoms with Gasteiger partial charge in [0.2, 0.25) is 5.91 Å². The number of hydrogen-bond acceptors (Lipinski definition) is 3. The van der Waals surface area contributed by atoms with Gasteiger partial charge in [-0.1, -0.05) is 29.3 Å².